The number of carbonyl (C=O) groups is 2. The van der Waals surface area contributed by atoms with Crippen LogP contribution in [0.5, 0.6) is 0 Å². The van der Waals surface area contributed by atoms with Crippen LogP contribution in [0.2, 0.25) is 0 Å². The van der Waals surface area contributed by atoms with Crippen molar-refractivity contribution in [2.75, 3.05) is 0 Å². The van der Waals surface area contributed by atoms with Gasteiger partial charge in [-0.3, -0.25) is 19.7 Å². The molecule has 1 amide bonds. The van der Waals surface area contributed by atoms with Crippen molar-refractivity contribution >= 4 is 17.6 Å². The Hall–Kier alpha value is -2.44. The van der Waals surface area contributed by atoms with Crippen molar-refractivity contribution in [3.05, 3.63) is 39.9 Å². The Kier molecular flexibility index (Phi) is 4.21. The van der Waals surface area contributed by atoms with E-state index in [1.165, 1.54) is 24.3 Å². The molecule has 1 rings (SSSR count). The zero-order chi connectivity index (χ0) is 14.6. The third kappa shape index (κ3) is 4.38. The minimum atomic E-state index is -1.02. The average molecular weight is 266 g/mol. The van der Waals surface area contributed by atoms with Gasteiger partial charge in [-0.15, -0.1) is 0 Å². The van der Waals surface area contributed by atoms with Crippen molar-refractivity contribution in [3.8, 4) is 0 Å². The highest BCUT2D eigenvalue weighted by Gasteiger charge is 2.24. The number of carbonyl (C=O) groups excluding carboxylic acids is 1. The molecular formula is C12H14N2O5. The van der Waals surface area contributed by atoms with Crippen molar-refractivity contribution < 1.29 is 19.6 Å². The first kappa shape index (κ1) is 14.6. The third-order valence-electron chi connectivity index (χ3n) is 2.39. The van der Waals surface area contributed by atoms with Gasteiger partial charge in [-0.2, -0.15) is 0 Å². The molecule has 0 unspecified atom stereocenters. The molecule has 0 spiro atoms. The molecule has 7 heteroatoms. The standard InChI is InChI=1S/C12H14N2O5/c1-12(2,7-10(15)16)13-11(17)8-3-5-9(6-4-8)14(18)19/h3-6H,7H2,1-2H3,(H,13,17)(H,15,16). The van der Waals surface area contributed by atoms with Crippen LogP contribution in [0.4, 0.5) is 5.69 Å². The molecule has 0 aliphatic carbocycles. The van der Waals surface area contributed by atoms with Crippen LogP contribution in [0, 0.1) is 10.1 Å². The smallest absolute Gasteiger partial charge is 0.305 e. The van der Waals surface area contributed by atoms with Crippen LogP contribution in [0.15, 0.2) is 24.3 Å². The maximum Gasteiger partial charge on any atom is 0.305 e. The average Bonchev–Trinajstić information content (AvgIpc) is 2.26. The van der Waals surface area contributed by atoms with E-state index < -0.39 is 22.3 Å². The fourth-order valence-electron chi connectivity index (χ4n) is 1.54. The molecule has 0 aliphatic rings. The van der Waals surface area contributed by atoms with E-state index in [2.05, 4.69) is 5.32 Å². The monoisotopic (exact) mass is 266 g/mol. The Morgan fingerprint density at radius 1 is 1.32 bits per heavy atom. The molecule has 0 aromatic heterocycles. The first-order valence-electron chi connectivity index (χ1n) is 5.50. The third-order valence-corrected chi connectivity index (χ3v) is 2.39. The van der Waals surface area contributed by atoms with E-state index >= 15 is 0 Å². The van der Waals surface area contributed by atoms with E-state index in [1.807, 2.05) is 0 Å². The van der Waals surface area contributed by atoms with Gasteiger partial charge in [-0.05, 0) is 26.0 Å². The summed E-state index contributed by atoms with van der Waals surface area (Å²) in [5.41, 5.74) is -0.768. The second-order valence-electron chi connectivity index (χ2n) is 4.71. The summed E-state index contributed by atoms with van der Waals surface area (Å²) < 4.78 is 0. The first-order chi connectivity index (χ1) is 8.71. The first-order valence-corrected chi connectivity index (χ1v) is 5.50. The van der Waals surface area contributed by atoms with Crippen molar-refractivity contribution in [1.29, 1.82) is 0 Å². The summed E-state index contributed by atoms with van der Waals surface area (Å²) in [6.07, 6.45) is -0.217. The van der Waals surface area contributed by atoms with Gasteiger partial charge in [-0.25, -0.2) is 0 Å². The normalized spacial score (nSPS) is 10.8. The number of nitrogens with zero attached hydrogens (tertiary/aromatic N) is 1. The van der Waals surface area contributed by atoms with E-state index in [9.17, 15) is 19.7 Å². The largest absolute Gasteiger partial charge is 0.481 e. The molecule has 7 nitrogen and oxygen atoms in total. The predicted molar refractivity (Wildman–Crippen MR) is 66.9 cm³/mol. The highest BCUT2D eigenvalue weighted by molar-refractivity contribution is 5.95. The number of benzene rings is 1. The number of carboxylic acid groups (broad SMARTS) is 1. The van der Waals surface area contributed by atoms with Gasteiger partial charge in [0.25, 0.3) is 11.6 Å². The molecule has 0 saturated heterocycles. The topological polar surface area (TPSA) is 110 Å². The van der Waals surface area contributed by atoms with E-state index in [-0.39, 0.29) is 17.7 Å². The lowest BCUT2D eigenvalue weighted by molar-refractivity contribution is -0.384. The number of nitro groups is 1. The van der Waals surface area contributed by atoms with Gasteiger partial charge in [0.1, 0.15) is 0 Å². The molecule has 1 aromatic rings. The molecule has 0 saturated carbocycles. The number of non-ortho nitro benzene ring substituents is 1. The second kappa shape index (κ2) is 5.47. The minimum Gasteiger partial charge on any atom is -0.481 e. The lowest BCUT2D eigenvalue weighted by atomic mass is 10.00. The summed E-state index contributed by atoms with van der Waals surface area (Å²) in [6.45, 7) is 3.18. The highest BCUT2D eigenvalue weighted by atomic mass is 16.6. The summed E-state index contributed by atoms with van der Waals surface area (Å²) in [6, 6.07) is 5.09. The number of nitrogens with one attached hydrogen (secondary N) is 1. The number of hydrogen-bond acceptors (Lipinski definition) is 4. The summed E-state index contributed by atoms with van der Waals surface area (Å²) in [5, 5.41) is 21.7. The molecular weight excluding hydrogens is 252 g/mol. The zero-order valence-corrected chi connectivity index (χ0v) is 10.5. The van der Waals surface area contributed by atoms with Crippen molar-refractivity contribution in [1.82, 2.24) is 5.32 Å². The number of nitro benzene ring substituents is 1. The molecule has 19 heavy (non-hydrogen) atoms. The Labute approximate surface area is 109 Å². The SMILES string of the molecule is CC(C)(CC(=O)O)NC(=O)c1ccc([N+](=O)[O-])cc1. The van der Waals surface area contributed by atoms with Gasteiger partial charge in [0.05, 0.1) is 11.3 Å². The number of amides is 1. The van der Waals surface area contributed by atoms with Crippen LogP contribution >= 0.6 is 0 Å². The Balaban J connectivity index is 2.78. The van der Waals surface area contributed by atoms with E-state index in [0.29, 0.717) is 0 Å². The van der Waals surface area contributed by atoms with Gasteiger partial charge < -0.3 is 10.4 Å². The molecule has 2 N–H and O–H groups in total. The number of carboxylic acids is 1. The predicted octanol–water partition coefficient (Wildman–Crippen LogP) is 1.58. The van der Waals surface area contributed by atoms with Gasteiger partial charge in [0, 0.05) is 23.2 Å². The summed E-state index contributed by atoms with van der Waals surface area (Å²) in [7, 11) is 0. The quantitative estimate of drug-likeness (QED) is 0.621. The van der Waals surface area contributed by atoms with Crippen LogP contribution in [0.25, 0.3) is 0 Å². The lowest BCUT2D eigenvalue weighted by Gasteiger charge is -2.24. The summed E-state index contributed by atoms with van der Waals surface area (Å²) in [4.78, 5) is 32.4. The van der Waals surface area contributed by atoms with Gasteiger partial charge in [-0.1, -0.05) is 0 Å². The fourth-order valence-corrected chi connectivity index (χ4v) is 1.54. The highest BCUT2D eigenvalue weighted by Crippen LogP contribution is 2.14. The maximum atomic E-state index is 11.8. The Morgan fingerprint density at radius 2 is 1.84 bits per heavy atom. The van der Waals surface area contributed by atoms with Crippen LogP contribution in [-0.2, 0) is 4.79 Å². The molecule has 102 valence electrons. The Morgan fingerprint density at radius 3 is 2.26 bits per heavy atom. The summed E-state index contributed by atoms with van der Waals surface area (Å²) in [5.74, 6) is -1.49. The van der Waals surface area contributed by atoms with Gasteiger partial charge >= 0.3 is 5.97 Å². The zero-order valence-electron chi connectivity index (χ0n) is 10.5. The van der Waals surface area contributed by atoms with Crippen LogP contribution in [-0.4, -0.2) is 27.4 Å². The molecule has 1 aromatic carbocycles. The molecule has 0 atom stereocenters. The van der Waals surface area contributed by atoms with Crippen molar-refractivity contribution in [2.24, 2.45) is 0 Å². The van der Waals surface area contributed by atoms with Crippen LogP contribution < -0.4 is 5.32 Å². The van der Waals surface area contributed by atoms with E-state index in [4.69, 9.17) is 5.11 Å². The van der Waals surface area contributed by atoms with Crippen LogP contribution in [0.1, 0.15) is 30.6 Å². The molecule has 0 heterocycles. The van der Waals surface area contributed by atoms with Gasteiger partial charge in [0.2, 0.25) is 0 Å². The second-order valence-corrected chi connectivity index (χ2v) is 4.71. The summed E-state index contributed by atoms with van der Waals surface area (Å²) >= 11 is 0. The molecule has 0 fully saturated rings. The number of aliphatic carboxylic acids is 1. The van der Waals surface area contributed by atoms with Gasteiger partial charge in [0.15, 0.2) is 0 Å². The molecule has 0 bridgehead atoms. The minimum absolute atomic E-state index is 0.110. The maximum absolute atomic E-state index is 11.8. The van der Waals surface area contributed by atoms with E-state index in [1.54, 1.807) is 13.8 Å². The molecule has 0 radical (unpaired) electrons. The number of hydrogen-bond donors (Lipinski definition) is 2. The van der Waals surface area contributed by atoms with Crippen molar-refractivity contribution in [2.45, 2.75) is 25.8 Å². The van der Waals surface area contributed by atoms with Crippen molar-refractivity contribution in [3.63, 3.8) is 0 Å². The Bertz CT molecular complexity index is 507. The number of rotatable bonds is 5. The van der Waals surface area contributed by atoms with E-state index in [0.717, 1.165) is 0 Å². The van der Waals surface area contributed by atoms with Crippen LogP contribution in [0.3, 0.4) is 0 Å². The molecule has 0 aliphatic heterocycles. The fraction of sp³-hybridized carbons (Fsp3) is 0.333. The lowest BCUT2D eigenvalue weighted by Crippen LogP contribution is -2.44.